The molecule has 0 fully saturated rings. The molecule has 0 aliphatic heterocycles. The summed E-state index contributed by atoms with van der Waals surface area (Å²) in [6.45, 7) is 1.38. The molecule has 7 heteroatoms. The van der Waals surface area contributed by atoms with Gasteiger partial charge in [0, 0.05) is 5.56 Å². The van der Waals surface area contributed by atoms with Gasteiger partial charge in [0.25, 0.3) is 10.0 Å². The molecule has 23 heavy (non-hydrogen) atoms. The lowest BCUT2D eigenvalue weighted by molar-refractivity contribution is -0.137. The summed E-state index contributed by atoms with van der Waals surface area (Å²) in [5.41, 5.74) is 0.486. The lowest BCUT2D eigenvalue weighted by atomic mass is 10.2. The van der Waals surface area contributed by atoms with Crippen LogP contribution in [0.5, 0.6) is 0 Å². The molecular weight excluding hydrogens is 316 g/mol. The van der Waals surface area contributed by atoms with E-state index >= 15 is 0 Å². The van der Waals surface area contributed by atoms with Gasteiger partial charge in [-0.05, 0) is 19.1 Å². The van der Waals surface area contributed by atoms with E-state index in [1.807, 2.05) is 0 Å². The summed E-state index contributed by atoms with van der Waals surface area (Å²) in [5.74, 6) is -1.15. The van der Waals surface area contributed by atoms with Crippen molar-refractivity contribution in [1.82, 2.24) is 4.72 Å². The summed E-state index contributed by atoms with van der Waals surface area (Å²) in [6.07, 6.45) is 0. The Bertz CT molecular complexity index is 802. The molecule has 2 aromatic carbocycles. The molecule has 0 aliphatic rings. The van der Waals surface area contributed by atoms with Crippen molar-refractivity contribution in [3.63, 3.8) is 0 Å². The molecule has 0 aliphatic carbocycles. The maximum atomic E-state index is 12.4. The number of nitrogens with zero attached hydrogens (tertiary/aromatic N) is 1. The molecule has 2 rings (SSSR count). The number of sulfonamides is 1. The van der Waals surface area contributed by atoms with Gasteiger partial charge in [-0.2, -0.15) is 0 Å². The van der Waals surface area contributed by atoms with Crippen LogP contribution in [-0.4, -0.2) is 31.4 Å². The molecule has 1 unspecified atom stereocenters. The summed E-state index contributed by atoms with van der Waals surface area (Å²) in [5, 5.41) is 9.01. The van der Waals surface area contributed by atoms with Crippen LogP contribution in [0.3, 0.4) is 0 Å². The van der Waals surface area contributed by atoms with Crippen molar-refractivity contribution in [3.05, 3.63) is 66.2 Å². The number of aliphatic imine (C=N–C) groups is 1. The molecule has 2 N–H and O–H groups in total. The number of amidine groups is 1. The lowest BCUT2D eigenvalue weighted by Crippen LogP contribution is -2.33. The molecule has 0 bridgehead atoms. The van der Waals surface area contributed by atoms with Gasteiger partial charge in [0.1, 0.15) is 11.9 Å². The summed E-state index contributed by atoms with van der Waals surface area (Å²) in [7, 11) is -3.85. The van der Waals surface area contributed by atoms with Crippen molar-refractivity contribution in [3.8, 4) is 0 Å². The monoisotopic (exact) mass is 332 g/mol. The molecule has 0 heterocycles. The Morgan fingerprint density at radius 1 is 1.04 bits per heavy atom. The molecule has 0 saturated heterocycles. The van der Waals surface area contributed by atoms with Crippen LogP contribution in [-0.2, 0) is 14.8 Å². The van der Waals surface area contributed by atoms with Gasteiger partial charge in [-0.25, -0.2) is 13.2 Å². The fraction of sp³-hybridized carbons (Fsp3) is 0.125. The predicted octanol–water partition coefficient (Wildman–Crippen LogP) is 1.88. The number of aliphatic carboxylic acids is 1. The first-order valence-electron chi connectivity index (χ1n) is 6.84. The number of hydrogen-bond donors (Lipinski definition) is 2. The Hall–Kier alpha value is -2.67. The second kappa shape index (κ2) is 7.06. The maximum Gasteiger partial charge on any atom is 0.328 e. The average molecular weight is 332 g/mol. The van der Waals surface area contributed by atoms with Crippen LogP contribution in [0.1, 0.15) is 12.5 Å². The highest BCUT2D eigenvalue weighted by Gasteiger charge is 2.19. The van der Waals surface area contributed by atoms with Crippen molar-refractivity contribution in [2.24, 2.45) is 4.99 Å². The van der Waals surface area contributed by atoms with Gasteiger partial charge >= 0.3 is 5.97 Å². The number of carboxylic acid groups (broad SMARTS) is 1. The normalized spacial score (nSPS) is 13.3. The van der Waals surface area contributed by atoms with Crippen LogP contribution < -0.4 is 4.72 Å². The largest absolute Gasteiger partial charge is 0.480 e. The quantitative estimate of drug-likeness (QED) is 0.645. The average Bonchev–Trinajstić information content (AvgIpc) is 2.55. The molecule has 0 spiro atoms. The minimum absolute atomic E-state index is 0.00986. The minimum Gasteiger partial charge on any atom is -0.480 e. The summed E-state index contributed by atoms with van der Waals surface area (Å²) < 4.78 is 27.2. The topological polar surface area (TPSA) is 95.8 Å². The highest BCUT2D eigenvalue weighted by molar-refractivity contribution is 7.90. The van der Waals surface area contributed by atoms with Crippen LogP contribution in [0.25, 0.3) is 0 Å². The first-order chi connectivity index (χ1) is 10.9. The number of rotatable bonds is 5. The van der Waals surface area contributed by atoms with Gasteiger partial charge in [-0.3, -0.25) is 9.71 Å². The van der Waals surface area contributed by atoms with Gasteiger partial charge in [-0.1, -0.05) is 48.5 Å². The van der Waals surface area contributed by atoms with E-state index in [1.54, 1.807) is 48.5 Å². The minimum atomic E-state index is -3.85. The molecule has 120 valence electrons. The number of benzene rings is 2. The maximum absolute atomic E-state index is 12.4. The Labute approximate surface area is 134 Å². The highest BCUT2D eigenvalue weighted by Crippen LogP contribution is 2.10. The van der Waals surface area contributed by atoms with E-state index in [0.29, 0.717) is 5.56 Å². The fourth-order valence-electron chi connectivity index (χ4n) is 1.79. The Kier molecular flexibility index (Phi) is 5.13. The molecule has 2 aromatic rings. The van der Waals surface area contributed by atoms with E-state index in [4.69, 9.17) is 5.11 Å². The molecule has 6 nitrogen and oxygen atoms in total. The van der Waals surface area contributed by atoms with Crippen LogP contribution >= 0.6 is 0 Å². The summed E-state index contributed by atoms with van der Waals surface area (Å²) in [6, 6.07) is 15.2. The Morgan fingerprint density at radius 2 is 1.57 bits per heavy atom. The zero-order chi connectivity index (χ0) is 16.9. The molecular formula is C16H16N2O4S. The fourth-order valence-corrected chi connectivity index (χ4v) is 2.85. The Morgan fingerprint density at radius 3 is 2.09 bits per heavy atom. The van der Waals surface area contributed by atoms with E-state index in [0.717, 1.165) is 0 Å². The van der Waals surface area contributed by atoms with Crippen molar-refractivity contribution in [2.75, 3.05) is 0 Å². The molecule has 0 amide bonds. The van der Waals surface area contributed by atoms with Crippen molar-refractivity contribution < 1.29 is 18.3 Å². The van der Waals surface area contributed by atoms with Crippen molar-refractivity contribution >= 4 is 21.8 Å². The zero-order valence-electron chi connectivity index (χ0n) is 12.4. The van der Waals surface area contributed by atoms with E-state index < -0.39 is 22.0 Å². The molecule has 0 radical (unpaired) electrons. The first-order valence-corrected chi connectivity index (χ1v) is 8.32. The molecule has 1 atom stereocenters. The number of carboxylic acids is 1. The van der Waals surface area contributed by atoms with Gasteiger partial charge in [0.05, 0.1) is 4.90 Å². The van der Waals surface area contributed by atoms with Crippen LogP contribution in [0, 0.1) is 0 Å². The van der Waals surface area contributed by atoms with Crippen molar-refractivity contribution in [1.29, 1.82) is 0 Å². The van der Waals surface area contributed by atoms with E-state index in [2.05, 4.69) is 9.71 Å². The third-order valence-corrected chi connectivity index (χ3v) is 4.37. The van der Waals surface area contributed by atoms with Gasteiger partial charge in [-0.15, -0.1) is 0 Å². The van der Waals surface area contributed by atoms with Crippen LogP contribution in [0.2, 0.25) is 0 Å². The highest BCUT2D eigenvalue weighted by atomic mass is 32.2. The standard InChI is InChI=1S/C16H16N2O4S/c1-12(16(19)20)17-15(13-8-4-2-5-9-13)18-23(21,22)14-10-6-3-7-11-14/h2-12H,1H3,(H,17,18)(H,19,20). The van der Waals surface area contributed by atoms with Gasteiger partial charge < -0.3 is 5.11 Å². The zero-order valence-corrected chi connectivity index (χ0v) is 13.2. The second-order valence-corrected chi connectivity index (χ2v) is 6.46. The summed E-state index contributed by atoms with van der Waals surface area (Å²) in [4.78, 5) is 15.1. The third-order valence-electron chi connectivity index (χ3n) is 3.01. The number of nitrogens with one attached hydrogen (secondary N) is 1. The Balaban J connectivity index is 2.41. The third kappa shape index (κ3) is 4.40. The van der Waals surface area contributed by atoms with Crippen molar-refractivity contribution in [2.45, 2.75) is 17.9 Å². The molecule has 0 saturated carbocycles. The second-order valence-electron chi connectivity index (χ2n) is 4.78. The van der Waals surface area contributed by atoms with Gasteiger partial charge in [0.15, 0.2) is 0 Å². The van der Waals surface area contributed by atoms with E-state index in [-0.39, 0.29) is 10.7 Å². The lowest BCUT2D eigenvalue weighted by Gasteiger charge is -2.12. The first kappa shape index (κ1) is 16.7. The van der Waals surface area contributed by atoms with E-state index in [1.165, 1.54) is 19.1 Å². The number of hydrogen-bond acceptors (Lipinski definition) is 4. The van der Waals surface area contributed by atoms with E-state index in [9.17, 15) is 13.2 Å². The van der Waals surface area contributed by atoms with Crippen LogP contribution in [0.4, 0.5) is 0 Å². The summed E-state index contributed by atoms with van der Waals surface area (Å²) >= 11 is 0. The predicted molar refractivity (Wildman–Crippen MR) is 86.8 cm³/mol. The van der Waals surface area contributed by atoms with Gasteiger partial charge in [0.2, 0.25) is 0 Å². The smallest absolute Gasteiger partial charge is 0.328 e. The number of carbonyl (C=O) groups is 1. The van der Waals surface area contributed by atoms with Crippen LogP contribution in [0.15, 0.2) is 70.6 Å². The SMILES string of the molecule is CC(N=C(NS(=O)(=O)c1ccccc1)c1ccccc1)C(=O)O. The molecule has 0 aromatic heterocycles.